The summed E-state index contributed by atoms with van der Waals surface area (Å²) in [5, 5.41) is 0. The third-order valence-corrected chi connectivity index (χ3v) is 3.30. The summed E-state index contributed by atoms with van der Waals surface area (Å²) < 4.78 is 55.0. The fraction of sp³-hybridized carbons (Fsp3) is 0.0714. The molecule has 2 nitrogen and oxygen atoms in total. The van der Waals surface area contributed by atoms with Crippen molar-refractivity contribution >= 4 is 22.6 Å². The van der Waals surface area contributed by atoms with Crippen LogP contribution in [0.4, 0.5) is 17.6 Å². The van der Waals surface area contributed by atoms with Crippen LogP contribution >= 0.6 is 11.6 Å². The molecule has 3 aromatic rings. The minimum absolute atomic E-state index is 0.102. The quantitative estimate of drug-likeness (QED) is 0.391. The number of benzene rings is 2. The third kappa shape index (κ3) is 2.15. The van der Waals surface area contributed by atoms with Gasteiger partial charge in [-0.05, 0) is 24.3 Å². The number of hydrogen-bond donors (Lipinski definition) is 0. The highest BCUT2D eigenvalue weighted by Gasteiger charge is 2.19. The van der Waals surface area contributed by atoms with Crippen LogP contribution in [0.1, 0.15) is 5.82 Å². The normalized spacial score (nSPS) is 11.3. The van der Waals surface area contributed by atoms with Crippen LogP contribution in [-0.2, 0) is 5.88 Å². The molecule has 0 N–H and O–H groups in total. The molecular formula is C14H7ClF4N2. The molecule has 2 aromatic carbocycles. The maximum Gasteiger partial charge on any atom is 0.196 e. The summed E-state index contributed by atoms with van der Waals surface area (Å²) in [6.45, 7) is 0. The Kier molecular flexibility index (Phi) is 3.33. The number of fused-ring (bicyclic) bond motifs is 1. The van der Waals surface area contributed by atoms with Crippen molar-refractivity contribution in [2.75, 3.05) is 0 Å². The maximum atomic E-state index is 14.0. The summed E-state index contributed by atoms with van der Waals surface area (Å²) in [6.07, 6.45) is 0. The molecule has 3 rings (SSSR count). The van der Waals surface area contributed by atoms with Crippen molar-refractivity contribution in [3.8, 4) is 5.69 Å². The predicted octanol–water partition coefficient (Wildman–Crippen LogP) is 4.32. The Bertz CT molecular complexity index is 845. The molecule has 0 aliphatic heterocycles. The highest BCUT2D eigenvalue weighted by molar-refractivity contribution is 6.17. The molecule has 21 heavy (non-hydrogen) atoms. The first-order valence-electron chi connectivity index (χ1n) is 5.89. The Morgan fingerprint density at radius 2 is 1.76 bits per heavy atom. The van der Waals surface area contributed by atoms with E-state index < -0.39 is 23.3 Å². The van der Waals surface area contributed by atoms with Crippen molar-refractivity contribution in [1.29, 1.82) is 0 Å². The lowest BCUT2D eigenvalue weighted by Crippen LogP contribution is -2.05. The van der Waals surface area contributed by atoms with Gasteiger partial charge in [0.15, 0.2) is 17.5 Å². The molecule has 7 heteroatoms. The van der Waals surface area contributed by atoms with Gasteiger partial charge in [-0.25, -0.2) is 22.5 Å². The molecule has 0 amide bonds. The molecule has 0 radical (unpaired) electrons. The van der Waals surface area contributed by atoms with E-state index in [2.05, 4.69) is 4.98 Å². The second kappa shape index (κ2) is 5.04. The average molecular weight is 315 g/mol. The zero-order valence-corrected chi connectivity index (χ0v) is 11.1. The Morgan fingerprint density at radius 3 is 2.48 bits per heavy atom. The lowest BCUT2D eigenvalue weighted by Gasteiger charge is -2.10. The van der Waals surface area contributed by atoms with Gasteiger partial charge in [-0.3, -0.25) is 4.57 Å². The van der Waals surface area contributed by atoms with Gasteiger partial charge >= 0.3 is 0 Å². The average Bonchev–Trinajstić information content (AvgIpc) is 2.83. The zero-order chi connectivity index (χ0) is 15.1. The highest BCUT2D eigenvalue weighted by Crippen LogP contribution is 2.27. The van der Waals surface area contributed by atoms with E-state index >= 15 is 0 Å². The molecule has 0 fully saturated rings. The van der Waals surface area contributed by atoms with Crippen LogP contribution < -0.4 is 0 Å². The summed E-state index contributed by atoms with van der Waals surface area (Å²) >= 11 is 5.75. The molecule has 1 aromatic heterocycles. The molecule has 0 saturated carbocycles. The SMILES string of the molecule is Fc1ccc2nc(CCl)n(-c3ccc(F)c(F)c3F)c2c1. The van der Waals surface area contributed by atoms with Crippen LogP contribution in [0.3, 0.4) is 0 Å². The van der Waals surface area contributed by atoms with E-state index in [0.717, 1.165) is 18.2 Å². The van der Waals surface area contributed by atoms with E-state index in [1.807, 2.05) is 0 Å². The maximum absolute atomic E-state index is 14.0. The molecule has 0 spiro atoms. The van der Waals surface area contributed by atoms with E-state index in [4.69, 9.17) is 11.6 Å². The second-order valence-corrected chi connectivity index (χ2v) is 4.59. The van der Waals surface area contributed by atoms with E-state index in [9.17, 15) is 17.6 Å². The Hall–Kier alpha value is -2.08. The fourth-order valence-corrected chi connectivity index (χ4v) is 2.32. The van der Waals surface area contributed by atoms with Crippen molar-refractivity contribution < 1.29 is 17.6 Å². The Labute approximate surface area is 121 Å². The van der Waals surface area contributed by atoms with Crippen molar-refractivity contribution in [2.24, 2.45) is 0 Å². The molecule has 0 bridgehead atoms. The molecule has 0 aliphatic rings. The number of nitrogens with zero attached hydrogens (tertiary/aromatic N) is 2. The minimum atomic E-state index is -1.61. The van der Waals surface area contributed by atoms with Gasteiger partial charge in [0.2, 0.25) is 0 Å². The number of rotatable bonds is 2. The number of hydrogen-bond acceptors (Lipinski definition) is 1. The number of alkyl halides is 1. The summed E-state index contributed by atoms with van der Waals surface area (Å²) in [4.78, 5) is 4.12. The fourth-order valence-electron chi connectivity index (χ4n) is 2.15. The first-order chi connectivity index (χ1) is 10.0. The molecule has 1 heterocycles. The van der Waals surface area contributed by atoms with Crippen molar-refractivity contribution in [3.05, 3.63) is 59.4 Å². The van der Waals surface area contributed by atoms with Gasteiger partial charge in [-0.15, -0.1) is 11.6 Å². The summed E-state index contributed by atoms with van der Waals surface area (Å²) in [6, 6.07) is 5.56. The second-order valence-electron chi connectivity index (χ2n) is 4.32. The summed E-state index contributed by atoms with van der Waals surface area (Å²) in [7, 11) is 0. The van der Waals surface area contributed by atoms with Gasteiger partial charge in [0.1, 0.15) is 11.6 Å². The zero-order valence-electron chi connectivity index (χ0n) is 10.4. The molecular weight excluding hydrogens is 308 g/mol. The Balaban J connectivity index is 2.38. The number of imidazole rings is 1. The third-order valence-electron chi connectivity index (χ3n) is 3.06. The standard InChI is InChI=1S/C14H7ClF4N2/c15-6-12-20-9-3-1-7(16)5-11(9)21(12)10-4-2-8(17)13(18)14(10)19/h1-5H,6H2. The number of aromatic nitrogens is 2. The van der Waals surface area contributed by atoms with Crippen LogP contribution in [0.5, 0.6) is 0 Å². The minimum Gasteiger partial charge on any atom is -0.292 e. The van der Waals surface area contributed by atoms with E-state index in [0.29, 0.717) is 5.52 Å². The van der Waals surface area contributed by atoms with Gasteiger partial charge in [-0.1, -0.05) is 0 Å². The molecule has 0 atom stereocenters. The summed E-state index contributed by atoms with van der Waals surface area (Å²) in [5.41, 5.74) is 0.310. The van der Waals surface area contributed by atoms with Gasteiger partial charge in [0.05, 0.1) is 22.6 Å². The van der Waals surface area contributed by atoms with Crippen molar-refractivity contribution in [3.63, 3.8) is 0 Å². The van der Waals surface area contributed by atoms with Gasteiger partial charge in [0.25, 0.3) is 0 Å². The molecule has 0 aliphatic carbocycles. The highest BCUT2D eigenvalue weighted by atomic mass is 35.5. The van der Waals surface area contributed by atoms with Crippen LogP contribution in [0.2, 0.25) is 0 Å². The Morgan fingerprint density at radius 1 is 1.00 bits per heavy atom. The van der Waals surface area contributed by atoms with Crippen molar-refractivity contribution in [2.45, 2.75) is 5.88 Å². The van der Waals surface area contributed by atoms with Gasteiger partial charge < -0.3 is 0 Å². The topological polar surface area (TPSA) is 17.8 Å². The first kappa shape index (κ1) is 13.9. The van der Waals surface area contributed by atoms with Crippen LogP contribution in [0, 0.1) is 23.3 Å². The lowest BCUT2D eigenvalue weighted by atomic mass is 10.2. The monoisotopic (exact) mass is 314 g/mol. The smallest absolute Gasteiger partial charge is 0.196 e. The van der Waals surface area contributed by atoms with E-state index in [-0.39, 0.29) is 22.9 Å². The molecule has 108 valence electrons. The van der Waals surface area contributed by atoms with Gasteiger partial charge in [0, 0.05) is 6.07 Å². The van der Waals surface area contributed by atoms with E-state index in [1.54, 1.807) is 0 Å². The molecule has 0 unspecified atom stereocenters. The van der Waals surface area contributed by atoms with Crippen LogP contribution in [0.25, 0.3) is 16.7 Å². The largest absolute Gasteiger partial charge is 0.292 e. The van der Waals surface area contributed by atoms with Gasteiger partial charge in [-0.2, -0.15) is 0 Å². The predicted molar refractivity (Wildman–Crippen MR) is 70.5 cm³/mol. The number of halogens is 5. The lowest BCUT2D eigenvalue weighted by molar-refractivity contribution is 0.444. The molecule has 0 saturated heterocycles. The van der Waals surface area contributed by atoms with E-state index in [1.165, 1.54) is 16.7 Å². The first-order valence-corrected chi connectivity index (χ1v) is 6.43. The van der Waals surface area contributed by atoms with Crippen molar-refractivity contribution in [1.82, 2.24) is 9.55 Å². The van der Waals surface area contributed by atoms with Crippen LogP contribution in [-0.4, -0.2) is 9.55 Å². The summed E-state index contributed by atoms with van der Waals surface area (Å²) in [5.74, 6) is -4.76. The van der Waals surface area contributed by atoms with Crippen LogP contribution in [0.15, 0.2) is 30.3 Å².